The van der Waals surface area contributed by atoms with Crippen molar-refractivity contribution in [2.75, 3.05) is 32.7 Å². The number of methoxy groups -OCH3 is 1. The van der Waals surface area contributed by atoms with Gasteiger partial charge >= 0.3 is 0 Å². The Hall–Kier alpha value is -3.77. The van der Waals surface area contributed by atoms with Gasteiger partial charge in [-0.15, -0.1) is 0 Å². The molecular formula is C28H34N2O4. The zero-order valence-corrected chi connectivity index (χ0v) is 20.6. The highest BCUT2D eigenvalue weighted by molar-refractivity contribution is 5.50. The molecule has 0 fully saturated rings. The van der Waals surface area contributed by atoms with E-state index in [1.54, 1.807) is 13.3 Å². The first-order valence-corrected chi connectivity index (χ1v) is 11.0. The molecule has 6 heteroatoms. The second-order valence-corrected chi connectivity index (χ2v) is 7.33. The lowest BCUT2D eigenvalue weighted by Crippen LogP contribution is -2.29. The number of ether oxygens (including phenoxy) is 3. The molecule has 3 aromatic rings. The average molecular weight is 463 g/mol. The minimum absolute atomic E-state index is 0.536. The topological polar surface area (TPSA) is 72.8 Å². The summed E-state index contributed by atoms with van der Waals surface area (Å²) in [5.41, 5.74) is 3.30. The molecule has 0 atom stereocenters. The minimum Gasteiger partial charge on any atom is -0.497 e. The first-order chi connectivity index (χ1) is 16.5. The summed E-state index contributed by atoms with van der Waals surface area (Å²) in [5.74, 6) is 2.92. The lowest BCUT2D eigenvalue weighted by Gasteiger charge is -2.13. The molecule has 1 aromatic heterocycles. The van der Waals surface area contributed by atoms with Gasteiger partial charge in [0.15, 0.2) is 0 Å². The summed E-state index contributed by atoms with van der Waals surface area (Å²) in [7, 11) is 2.59. The number of hydrogen-bond acceptors (Lipinski definition) is 6. The molecule has 0 amide bonds. The van der Waals surface area contributed by atoms with Gasteiger partial charge in [-0.1, -0.05) is 30.9 Å². The number of aliphatic hydroxyl groups is 1. The van der Waals surface area contributed by atoms with E-state index < -0.39 is 0 Å². The lowest BCUT2D eigenvalue weighted by molar-refractivity contribution is 0.315. The maximum atomic E-state index is 7.00. The van der Waals surface area contributed by atoms with Crippen molar-refractivity contribution in [1.29, 1.82) is 0 Å². The Morgan fingerprint density at radius 1 is 1.06 bits per heavy atom. The van der Waals surface area contributed by atoms with Crippen molar-refractivity contribution in [3.8, 4) is 17.2 Å². The van der Waals surface area contributed by atoms with Crippen LogP contribution in [-0.4, -0.2) is 37.5 Å². The van der Waals surface area contributed by atoms with Gasteiger partial charge in [0.1, 0.15) is 29.6 Å². The van der Waals surface area contributed by atoms with E-state index in [1.165, 1.54) is 0 Å². The largest absolute Gasteiger partial charge is 0.497 e. The third-order valence-electron chi connectivity index (χ3n) is 4.99. The number of nitrogens with one attached hydrogen (secondary N) is 1. The molecule has 0 aliphatic rings. The predicted molar refractivity (Wildman–Crippen MR) is 139 cm³/mol. The Morgan fingerprint density at radius 2 is 1.74 bits per heavy atom. The SMILES string of the molecule is C=C(/C=c1/c(Oc2ccc(NCCOc3c(C)cccc3C)cc2)ccn/c1=C/C)OC.CO. The molecule has 6 nitrogen and oxygen atoms in total. The van der Waals surface area contributed by atoms with Crippen molar-refractivity contribution in [2.24, 2.45) is 0 Å². The summed E-state index contributed by atoms with van der Waals surface area (Å²) in [4.78, 5) is 4.39. The van der Waals surface area contributed by atoms with Crippen molar-refractivity contribution >= 4 is 17.8 Å². The van der Waals surface area contributed by atoms with Crippen LogP contribution in [0, 0.1) is 13.8 Å². The standard InChI is InChI=1S/C27H30N2O3.CH4O/c1-6-25-24(18-21(4)30-5)26(14-15-29-25)32-23-12-10-22(11-13-23)28-16-17-31-27-19(2)8-7-9-20(27)3;1-2/h6-15,18,28H,4,16-17H2,1-3,5H3;2H,1H3/b24-18+,25-6+;. The van der Waals surface area contributed by atoms with E-state index in [0.29, 0.717) is 24.7 Å². The Bertz CT molecular complexity index is 1170. The Labute approximate surface area is 201 Å². The molecule has 0 bridgehead atoms. The molecule has 2 aromatic carbocycles. The number of aryl methyl sites for hydroxylation is 2. The number of para-hydroxylation sites is 1. The minimum atomic E-state index is 0.536. The van der Waals surface area contributed by atoms with Crippen LogP contribution >= 0.6 is 0 Å². The second-order valence-electron chi connectivity index (χ2n) is 7.33. The van der Waals surface area contributed by atoms with Crippen LogP contribution in [0.3, 0.4) is 0 Å². The molecule has 34 heavy (non-hydrogen) atoms. The molecule has 0 saturated carbocycles. The van der Waals surface area contributed by atoms with Gasteiger partial charge in [0.05, 0.1) is 12.5 Å². The van der Waals surface area contributed by atoms with E-state index in [4.69, 9.17) is 19.3 Å². The lowest BCUT2D eigenvalue weighted by atomic mass is 10.1. The van der Waals surface area contributed by atoms with E-state index >= 15 is 0 Å². The Morgan fingerprint density at radius 3 is 2.35 bits per heavy atom. The first kappa shape index (κ1) is 26.5. The van der Waals surface area contributed by atoms with Crippen molar-refractivity contribution in [3.63, 3.8) is 0 Å². The summed E-state index contributed by atoms with van der Waals surface area (Å²) in [6, 6.07) is 15.8. The van der Waals surface area contributed by atoms with Crippen molar-refractivity contribution in [3.05, 3.63) is 88.8 Å². The van der Waals surface area contributed by atoms with Crippen LogP contribution in [-0.2, 0) is 4.74 Å². The molecule has 1 heterocycles. The van der Waals surface area contributed by atoms with Crippen molar-refractivity contribution < 1.29 is 19.3 Å². The number of aliphatic hydroxyl groups excluding tert-OH is 1. The summed E-state index contributed by atoms with van der Waals surface area (Å²) >= 11 is 0. The van der Waals surface area contributed by atoms with Crippen molar-refractivity contribution in [2.45, 2.75) is 20.8 Å². The van der Waals surface area contributed by atoms with Crippen LogP contribution in [0.2, 0.25) is 0 Å². The van der Waals surface area contributed by atoms with E-state index in [9.17, 15) is 0 Å². The number of nitrogens with zero attached hydrogens (tertiary/aromatic N) is 1. The molecule has 0 aliphatic heterocycles. The predicted octanol–water partition coefficient (Wildman–Crippen LogP) is 4.33. The van der Waals surface area contributed by atoms with Gasteiger partial charge in [-0.25, -0.2) is 0 Å². The number of hydrogen-bond donors (Lipinski definition) is 2. The van der Waals surface area contributed by atoms with Crippen molar-refractivity contribution in [1.82, 2.24) is 4.98 Å². The van der Waals surface area contributed by atoms with Crippen LogP contribution in [0.25, 0.3) is 12.2 Å². The van der Waals surface area contributed by atoms with E-state index in [0.717, 1.165) is 46.0 Å². The Kier molecular flexibility index (Phi) is 10.7. The molecule has 0 spiro atoms. The number of anilines is 1. The average Bonchev–Trinajstić information content (AvgIpc) is 2.86. The van der Waals surface area contributed by atoms with Crippen LogP contribution in [0.1, 0.15) is 18.1 Å². The van der Waals surface area contributed by atoms with E-state index in [-0.39, 0.29) is 0 Å². The third-order valence-corrected chi connectivity index (χ3v) is 4.99. The first-order valence-electron chi connectivity index (χ1n) is 11.0. The molecule has 180 valence electrons. The summed E-state index contributed by atoms with van der Waals surface area (Å²) in [6.45, 7) is 11.2. The zero-order valence-electron chi connectivity index (χ0n) is 20.6. The van der Waals surface area contributed by atoms with Crippen LogP contribution in [0.15, 0.2) is 67.1 Å². The Balaban J connectivity index is 0.00000199. The number of rotatable bonds is 9. The van der Waals surface area contributed by atoms with Gasteiger partial charge in [-0.05, 0) is 68.3 Å². The molecule has 0 unspecified atom stereocenters. The second kappa shape index (κ2) is 13.7. The van der Waals surface area contributed by atoms with Crippen LogP contribution < -0.4 is 25.4 Å². The molecule has 2 N–H and O–H groups in total. The van der Waals surface area contributed by atoms with Gasteiger partial charge < -0.3 is 24.6 Å². The zero-order chi connectivity index (χ0) is 24.9. The molecule has 3 rings (SSSR count). The third kappa shape index (κ3) is 7.39. The van der Waals surface area contributed by atoms with Gasteiger partial charge in [-0.3, -0.25) is 4.98 Å². The number of aromatic nitrogens is 1. The number of allylic oxidation sites excluding steroid dienone is 1. The number of pyridine rings is 1. The van der Waals surface area contributed by atoms with Crippen LogP contribution in [0.4, 0.5) is 5.69 Å². The summed E-state index contributed by atoms with van der Waals surface area (Å²) in [5, 5.41) is 12.0. The van der Waals surface area contributed by atoms with E-state index in [2.05, 4.69) is 42.9 Å². The van der Waals surface area contributed by atoms with Gasteiger partial charge in [0, 0.05) is 30.8 Å². The quantitative estimate of drug-likeness (QED) is 0.364. The molecular weight excluding hydrogens is 428 g/mol. The maximum Gasteiger partial charge on any atom is 0.138 e. The number of benzene rings is 2. The monoisotopic (exact) mass is 462 g/mol. The van der Waals surface area contributed by atoms with E-state index in [1.807, 2.05) is 55.5 Å². The highest BCUT2D eigenvalue weighted by Gasteiger charge is 2.04. The van der Waals surface area contributed by atoms with Gasteiger partial charge in [0.2, 0.25) is 0 Å². The highest BCUT2D eigenvalue weighted by atomic mass is 16.5. The highest BCUT2D eigenvalue weighted by Crippen LogP contribution is 2.23. The normalized spacial score (nSPS) is 11.4. The molecule has 0 aliphatic carbocycles. The summed E-state index contributed by atoms with van der Waals surface area (Å²) < 4.78 is 17.3. The van der Waals surface area contributed by atoms with Crippen LogP contribution in [0.5, 0.6) is 17.2 Å². The fraction of sp³-hybridized carbons (Fsp3) is 0.250. The smallest absolute Gasteiger partial charge is 0.138 e. The van der Waals surface area contributed by atoms with Gasteiger partial charge in [0.25, 0.3) is 0 Å². The maximum absolute atomic E-state index is 7.00. The molecule has 0 radical (unpaired) electrons. The summed E-state index contributed by atoms with van der Waals surface area (Å²) in [6.07, 6.45) is 5.47. The fourth-order valence-corrected chi connectivity index (χ4v) is 3.30. The molecule has 0 saturated heterocycles. The van der Waals surface area contributed by atoms with Gasteiger partial charge in [-0.2, -0.15) is 0 Å². The fourth-order valence-electron chi connectivity index (χ4n) is 3.30.